The lowest BCUT2D eigenvalue weighted by Gasteiger charge is -2.08. The molecule has 0 aliphatic rings. The van der Waals surface area contributed by atoms with Crippen LogP contribution in [0.2, 0.25) is 0 Å². The van der Waals surface area contributed by atoms with Crippen LogP contribution in [0.15, 0.2) is 23.3 Å². The fraction of sp³-hybridized carbons (Fsp3) is 0.222. The Morgan fingerprint density at radius 1 is 1.56 bits per heavy atom. The summed E-state index contributed by atoms with van der Waals surface area (Å²) in [7, 11) is 0. The van der Waals surface area contributed by atoms with Gasteiger partial charge in [-0.05, 0) is 17.7 Å². The van der Waals surface area contributed by atoms with Crippen LogP contribution >= 0.6 is 0 Å². The smallest absolute Gasteiger partial charge is 0.339 e. The highest BCUT2D eigenvalue weighted by Crippen LogP contribution is 2.25. The molecule has 0 amide bonds. The maximum absolute atomic E-state index is 10.8. The minimum absolute atomic E-state index is 0.0278. The van der Waals surface area contributed by atoms with Crippen LogP contribution in [0.25, 0.3) is 10.4 Å². The van der Waals surface area contributed by atoms with E-state index >= 15 is 0 Å². The Bertz CT molecular complexity index is 440. The van der Waals surface area contributed by atoms with E-state index in [0.29, 0.717) is 0 Å². The molecule has 0 aliphatic carbocycles. The van der Waals surface area contributed by atoms with Crippen LogP contribution in [0.4, 0.5) is 5.69 Å². The maximum atomic E-state index is 10.8. The van der Waals surface area contributed by atoms with Crippen molar-refractivity contribution in [3.63, 3.8) is 0 Å². The number of azide groups is 1. The molecule has 7 nitrogen and oxygen atoms in total. The zero-order valence-corrected chi connectivity index (χ0v) is 8.20. The number of benzene rings is 1. The van der Waals surface area contributed by atoms with Gasteiger partial charge in [-0.1, -0.05) is 11.2 Å². The van der Waals surface area contributed by atoms with Crippen molar-refractivity contribution in [3.05, 3.63) is 34.2 Å². The van der Waals surface area contributed by atoms with E-state index in [9.17, 15) is 4.79 Å². The van der Waals surface area contributed by atoms with Crippen LogP contribution < -0.4 is 4.74 Å². The van der Waals surface area contributed by atoms with Gasteiger partial charge in [0.2, 0.25) is 0 Å². The fourth-order valence-electron chi connectivity index (χ4n) is 1.08. The van der Waals surface area contributed by atoms with Gasteiger partial charge in [0, 0.05) is 10.6 Å². The molecule has 1 rings (SSSR count). The fourth-order valence-corrected chi connectivity index (χ4v) is 1.08. The number of rotatable bonds is 5. The summed E-state index contributed by atoms with van der Waals surface area (Å²) >= 11 is 0. The average molecular weight is 223 g/mol. The molecule has 0 saturated heterocycles. The van der Waals surface area contributed by atoms with Crippen LogP contribution in [-0.2, 0) is 0 Å². The van der Waals surface area contributed by atoms with Gasteiger partial charge in [0.05, 0.1) is 6.61 Å². The van der Waals surface area contributed by atoms with E-state index in [1.54, 1.807) is 0 Å². The first kappa shape index (κ1) is 11.8. The third-order valence-electron chi connectivity index (χ3n) is 1.70. The summed E-state index contributed by atoms with van der Waals surface area (Å²) in [6.07, 6.45) is 0. The lowest BCUT2D eigenvalue weighted by molar-refractivity contribution is 0.0691. The average Bonchev–Trinajstić information content (AvgIpc) is 2.26. The summed E-state index contributed by atoms with van der Waals surface area (Å²) < 4.78 is 5.02. The largest absolute Gasteiger partial charge is 0.490 e. The lowest BCUT2D eigenvalue weighted by Crippen LogP contribution is -2.06. The Kier molecular flexibility index (Phi) is 4.14. The summed E-state index contributed by atoms with van der Waals surface area (Å²) in [6, 6.07) is 3.95. The van der Waals surface area contributed by atoms with E-state index in [1.807, 2.05) is 0 Å². The Labute approximate surface area is 90.5 Å². The van der Waals surface area contributed by atoms with Crippen molar-refractivity contribution in [2.75, 3.05) is 13.2 Å². The van der Waals surface area contributed by atoms with Crippen molar-refractivity contribution >= 4 is 11.7 Å². The SMILES string of the molecule is [N-]=[N+]=Nc1ccc(C(=O)O)c(OCCO)c1. The van der Waals surface area contributed by atoms with E-state index in [-0.39, 0.29) is 30.2 Å². The molecule has 0 aromatic heterocycles. The molecular formula is C9H9N3O4. The number of carbonyl (C=O) groups is 1. The van der Waals surface area contributed by atoms with Crippen LogP contribution in [0.3, 0.4) is 0 Å². The van der Waals surface area contributed by atoms with Crippen molar-refractivity contribution in [1.82, 2.24) is 0 Å². The van der Waals surface area contributed by atoms with Gasteiger partial charge in [0.1, 0.15) is 17.9 Å². The van der Waals surface area contributed by atoms with E-state index in [1.165, 1.54) is 18.2 Å². The quantitative estimate of drug-likeness (QED) is 0.448. The predicted octanol–water partition coefficient (Wildman–Crippen LogP) is 1.70. The molecule has 0 spiro atoms. The molecule has 0 aliphatic heterocycles. The van der Waals surface area contributed by atoms with Crippen LogP contribution in [0, 0.1) is 0 Å². The third-order valence-corrected chi connectivity index (χ3v) is 1.70. The predicted molar refractivity (Wildman–Crippen MR) is 54.8 cm³/mol. The summed E-state index contributed by atoms with van der Waals surface area (Å²) in [5.41, 5.74) is 8.43. The molecule has 16 heavy (non-hydrogen) atoms. The molecule has 0 fully saturated rings. The molecule has 0 atom stereocenters. The minimum atomic E-state index is -1.15. The highest BCUT2D eigenvalue weighted by atomic mass is 16.5. The van der Waals surface area contributed by atoms with E-state index in [2.05, 4.69) is 10.0 Å². The van der Waals surface area contributed by atoms with E-state index < -0.39 is 5.97 Å². The van der Waals surface area contributed by atoms with Crippen molar-refractivity contribution in [1.29, 1.82) is 0 Å². The third kappa shape index (κ3) is 2.88. The van der Waals surface area contributed by atoms with Gasteiger partial charge < -0.3 is 14.9 Å². The topological polar surface area (TPSA) is 116 Å². The number of hydrogen-bond donors (Lipinski definition) is 2. The van der Waals surface area contributed by atoms with Gasteiger partial charge in [-0.3, -0.25) is 0 Å². The summed E-state index contributed by atoms with van der Waals surface area (Å²) in [5, 5.41) is 20.7. The monoisotopic (exact) mass is 223 g/mol. The van der Waals surface area contributed by atoms with Crippen LogP contribution in [-0.4, -0.2) is 29.4 Å². The van der Waals surface area contributed by atoms with Gasteiger partial charge in [-0.2, -0.15) is 0 Å². The maximum Gasteiger partial charge on any atom is 0.339 e. The standard InChI is InChI=1S/C9H9N3O4/c10-12-11-6-1-2-7(9(14)15)8(5-6)16-4-3-13/h1-2,5,13H,3-4H2,(H,14,15). The summed E-state index contributed by atoms with van der Waals surface area (Å²) in [6.45, 7) is -0.259. The Morgan fingerprint density at radius 2 is 2.31 bits per heavy atom. The van der Waals surface area contributed by atoms with Crippen LogP contribution in [0.1, 0.15) is 10.4 Å². The summed E-state index contributed by atoms with van der Waals surface area (Å²) in [4.78, 5) is 13.4. The van der Waals surface area contributed by atoms with Gasteiger partial charge >= 0.3 is 5.97 Å². The normalized spacial score (nSPS) is 9.31. The second kappa shape index (κ2) is 5.59. The number of hydrogen-bond acceptors (Lipinski definition) is 4. The molecule has 84 valence electrons. The second-order valence-electron chi connectivity index (χ2n) is 2.75. The number of aliphatic hydroxyl groups is 1. The Balaban J connectivity index is 3.09. The minimum Gasteiger partial charge on any atom is -0.490 e. The van der Waals surface area contributed by atoms with Crippen molar-refractivity contribution in [2.45, 2.75) is 0 Å². The van der Waals surface area contributed by atoms with Gasteiger partial charge in [0.25, 0.3) is 0 Å². The number of carboxylic acid groups (broad SMARTS) is 1. The molecule has 1 aromatic carbocycles. The molecular weight excluding hydrogens is 214 g/mol. The first-order valence-electron chi connectivity index (χ1n) is 4.35. The van der Waals surface area contributed by atoms with Crippen molar-refractivity contribution in [2.24, 2.45) is 5.11 Å². The number of aliphatic hydroxyl groups excluding tert-OH is 1. The number of aromatic carboxylic acids is 1. The van der Waals surface area contributed by atoms with Gasteiger partial charge in [-0.15, -0.1) is 0 Å². The molecule has 0 heterocycles. The highest BCUT2D eigenvalue weighted by molar-refractivity contribution is 5.91. The molecule has 0 radical (unpaired) electrons. The van der Waals surface area contributed by atoms with Crippen molar-refractivity contribution < 1.29 is 19.7 Å². The zero-order valence-electron chi connectivity index (χ0n) is 8.20. The molecule has 1 aromatic rings. The first-order valence-corrected chi connectivity index (χ1v) is 4.35. The molecule has 7 heteroatoms. The molecule has 0 bridgehead atoms. The zero-order chi connectivity index (χ0) is 12.0. The number of carboxylic acids is 1. The van der Waals surface area contributed by atoms with E-state index in [0.717, 1.165) is 0 Å². The molecule has 2 N–H and O–H groups in total. The van der Waals surface area contributed by atoms with Gasteiger partial charge in [0.15, 0.2) is 0 Å². The molecule has 0 saturated carbocycles. The van der Waals surface area contributed by atoms with Crippen molar-refractivity contribution in [3.8, 4) is 5.75 Å². The first-order chi connectivity index (χ1) is 7.69. The summed E-state index contributed by atoms with van der Waals surface area (Å²) in [5.74, 6) is -1.09. The Morgan fingerprint density at radius 3 is 2.88 bits per heavy atom. The van der Waals surface area contributed by atoms with Gasteiger partial charge in [-0.25, -0.2) is 4.79 Å². The lowest BCUT2D eigenvalue weighted by atomic mass is 10.2. The Hall–Kier alpha value is -2.24. The number of ether oxygens (including phenoxy) is 1. The number of nitrogens with zero attached hydrogens (tertiary/aromatic N) is 3. The molecule has 0 unspecified atom stereocenters. The van der Waals surface area contributed by atoms with E-state index in [4.69, 9.17) is 20.5 Å². The second-order valence-corrected chi connectivity index (χ2v) is 2.75. The highest BCUT2D eigenvalue weighted by Gasteiger charge is 2.11. The van der Waals surface area contributed by atoms with Crippen LogP contribution in [0.5, 0.6) is 5.75 Å².